The van der Waals surface area contributed by atoms with Crippen molar-refractivity contribution >= 4 is 5.78 Å². The maximum Gasteiger partial charge on any atom is 0.165 e. The van der Waals surface area contributed by atoms with Crippen LogP contribution in [0.4, 0.5) is 0 Å². The number of fused-ring (bicyclic) bond motifs is 2. The fourth-order valence-electron chi connectivity index (χ4n) is 8.87. The van der Waals surface area contributed by atoms with Crippen LogP contribution in [-0.4, -0.2) is 53.7 Å². The van der Waals surface area contributed by atoms with Gasteiger partial charge < -0.3 is 14.6 Å². The molecule has 0 radical (unpaired) electrons. The third-order valence-electron chi connectivity index (χ3n) is 10.2. The molecule has 7 aliphatic rings. The molecule has 0 aromatic heterocycles. The minimum absolute atomic E-state index is 0.0352. The van der Waals surface area contributed by atoms with Crippen LogP contribution in [-0.2, 0) is 21.4 Å². The Morgan fingerprint density at radius 3 is 2.87 bits per heavy atom. The van der Waals surface area contributed by atoms with Crippen molar-refractivity contribution in [3.8, 4) is 11.5 Å². The Labute approximate surface area is 177 Å². The van der Waals surface area contributed by atoms with Gasteiger partial charge in [-0.25, -0.2) is 0 Å². The second-order valence-electron chi connectivity index (χ2n) is 11.0. The molecule has 5 nitrogen and oxygen atoms in total. The molecular weight excluding hydrogens is 378 g/mol. The van der Waals surface area contributed by atoms with Gasteiger partial charge in [-0.2, -0.15) is 0 Å². The second-order valence-corrected chi connectivity index (χ2v) is 11.0. The molecule has 1 N–H and O–H groups in total. The number of piperidine rings is 1. The molecule has 0 unspecified atom stereocenters. The van der Waals surface area contributed by atoms with Gasteiger partial charge in [0.2, 0.25) is 0 Å². The standard InChI is InChI=1S/C25H31NO4/c1-14(27)17-12-23-7-8-25(17,29-2)22-24(23)9-10-26(13-15-3-4-15)19(23)11-16-5-6-18(28)21(30-22)20(16)24/h5-6,15,17,19,22,28H,3-4,7-13H2,1-2H3/t17-,19-,22-,23-,24+,25-/m0/s1. The average Bonchev–Trinajstić information content (AvgIpc) is 3.48. The van der Waals surface area contributed by atoms with Crippen molar-refractivity contribution in [3.63, 3.8) is 0 Å². The van der Waals surface area contributed by atoms with Gasteiger partial charge in [-0.15, -0.1) is 0 Å². The van der Waals surface area contributed by atoms with E-state index in [-0.39, 0.29) is 34.4 Å². The molecular formula is C25H31NO4. The van der Waals surface area contributed by atoms with Gasteiger partial charge in [-0.3, -0.25) is 9.69 Å². The van der Waals surface area contributed by atoms with E-state index in [1.807, 2.05) is 6.07 Å². The summed E-state index contributed by atoms with van der Waals surface area (Å²) in [5, 5.41) is 10.8. The van der Waals surface area contributed by atoms with Crippen molar-refractivity contribution in [1.29, 1.82) is 0 Å². The number of ketones is 1. The van der Waals surface area contributed by atoms with E-state index in [0.29, 0.717) is 11.8 Å². The minimum atomic E-state index is -0.586. The summed E-state index contributed by atoms with van der Waals surface area (Å²) < 4.78 is 13.0. The number of hydrogen-bond acceptors (Lipinski definition) is 5. The van der Waals surface area contributed by atoms with Gasteiger partial charge in [-0.1, -0.05) is 6.07 Å². The Kier molecular flexibility index (Phi) is 3.25. The highest BCUT2D eigenvalue weighted by atomic mass is 16.6. The van der Waals surface area contributed by atoms with Crippen molar-refractivity contribution in [1.82, 2.24) is 4.90 Å². The number of nitrogens with zero attached hydrogens (tertiary/aromatic N) is 1. The van der Waals surface area contributed by atoms with Gasteiger partial charge in [0.05, 0.1) is 5.92 Å². The van der Waals surface area contributed by atoms with Crippen LogP contribution in [0.15, 0.2) is 12.1 Å². The third kappa shape index (κ3) is 1.76. The summed E-state index contributed by atoms with van der Waals surface area (Å²) in [6.07, 6.45) is 7.46. The first-order chi connectivity index (χ1) is 14.5. The number of carbonyl (C=O) groups is 1. The van der Waals surface area contributed by atoms with E-state index in [9.17, 15) is 9.90 Å². The minimum Gasteiger partial charge on any atom is -0.504 e. The predicted octanol–water partition coefficient (Wildman–Crippen LogP) is 3.21. The van der Waals surface area contributed by atoms with Crippen LogP contribution in [0.25, 0.3) is 0 Å². The van der Waals surface area contributed by atoms with Crippen LogP contribution in [0, 0.1) is 17.3 Å². The van der Waals surface area contributed by atoms with E-state index < -0.39 is 5.60 Å². The first kappa shape index (κ1) is 18.0. The van der Waals surface area contributed by atoms with Crippen LogP contribution in [0.2, 0.25) is 0 Å². The van der Waals surface area contributed by atoms with Gasteiger partial charge in [-0.05, 0) is 76.0 Å². The molecule has 1 aromatic rings. The smallest absolute Gasteiger partial charge is 0.165 e. The molecule has 6 atom stereocenters. The topological polar surface area (TPSA) is 59.0 Å². The molecule has 30 heavy (non-hydrogen) atoms. The Hall–Kier alpha value is -1.59. The van der Waals surface area contributed by atoms with Gasteiger partial charge in [0.1, 0.15) is 17.5 Å². The molecule has 1 saturated heterocycles. The number of aromatic hydroxyl groups is 1. The Bertz CT molecular complexity index is 972. The number of rotatable bonds is 4. The number of benzene rings is 1. The lowest BCUT2D eigenvalue weighted by molar-refractivity contribution is -0.271. The third-order valence-corrected chi connectivity index (χ3v) is 10.2. The monoisotopic (exact) mass is 409 g/mol. The number of phenols is 1. The first-order valence-electron chi connectivity index (χ1n) is 11.8. The highest BCUT2D eigenvalue weighted by Crippen LogP contribution is 2.76. The number of Topliss-reactive ketones (excluding diaryl/α,β-unsaturated/α-hetero) is 1. The van der Waals surface area contributed by atoms with E-state index in [0.717, 1.165) is 44.6 Å². The van der Waals surface area contributed by atoms with Crippen molar-refractivity contribution in [2.75, 3.05) is 20.2 Å². The lowest BCUT2D eigenvalue weighted by Crippen LogP contribution is -2.81. The average molecular weight is 410 g/mol. The maximum absolute atomic E-state index is 12.9. The Balaban J connectivity index is 1.49. The van der Waals surface area contributed by atoms with Crippen molar-refractivity contribution in [2.24, 2.45) is 17.3 Å². The normalized spacial score (nSPS) is 45.2. The second kappa shape index (κ2) is 5.42. The number of hydrogen-bond donors (Lipinski definition) is 1. The largest absolute Gasteiger partial charge is 0.504 e. The molecule has 2 aliphatic heterocycles. The molecule has 5 aliphatic carbocycles. The van der Waals surface area contributed by atoms with Crippen molar-refractivity contribution in [2.45, 2.75) is 75.0 Å². The zero-order valence-electron chi connectivity index (χ0n) is 17.9. The number of likely N-dealkylation sites (tertiary alicyclic amines) is 1. The summed E-state index contributed by atoms with van der Waals surface area (Å²) >= 11 is 0. The summed E-state index contributed by atoms with van der Waals surface area (Å²) in [4.78, 5) is 15.7. The fraction of sp³-hybridized carbons (Fsp3) is 0.720. The lowest BCUT2D eigenvalue weighted by atomic mass is 9.34. The maximum atomic E-state index is 12.9. The molecule has 5 fully saturated rings. The fourth-order valence-corrected chi connectivity index (χ4v) is 8.87. The number of methoxy groups -OCH3 is 1. The Morgan fingerprint density at radius 2 is 2.13 bits per heavy atom. The molecule has 2 heterocycles. The summed E-state index contributed by atoms with van der Waals surface area (Å²) in [5.41, 5.74) is 1.92. The zero-order chi connectivity index (χ0) is 20.5. The molecule has 160 valence electrons. The van der Waals surface area contributed by atoms with Gasteiger partial charge >= 0.3 is 0 Å². The highest BCUT2D eigenvalue weighted by Gasteiger charge is 2.81. The number of phenolic OH excluding ortho intramolecular Hbond substituents is 1. The van der Waals surface area contributed by atoms with E-state index in [4.69, 9.17) is 9.47 Å². The summed E-state index contributed by atoms with van der Waals surface area (Å²) in [7, 11) is 1.76. The SMILES string of the molecule is CO[C@@]12CC[C@]3(C[C@H]1C(C)=O)[C@@H]1Cc4ccc(O)c5c4[C@]3(CCN1CC1CC1)[C@@H]2O5. The molecule has 8 rings (SSSR count). The van der Waals surface area contributed by atoms with Crippen LogP contribution < -0.4 is 4.74 Å². The van der Waals surface area contributed by atoms with Crippen LogP contribution in [0.3, 0.4) is 0 Å². The quantitative estimate of drug-likeness (QED) is 0.828. The molecule has 4 bridgehead atoms. The number of ether oxygens (including phenoxy) is 2. The van der Waals surface area contributed by atoms with Crippen molar-refractivity contribution < 1.29 is 19.4 Å². The van der Waals surface area contributed by atoms with Crippen LogP contribution >= 0.6 is 0 Å². The zero-order valence-corrected chi connectivity index (χ0v) is 17.9. The van der Waals surface area contributed by atoms with E-state index in [1.54, 1.807) is 14.0 Å². The summed E-state index contributed by atoms with van der Waals surface area (Å²) in [6.45, 7) is 4.03. The molecule has 5 heteroatoms. The molecule has 1 aromatic carbocycles. The first-order valence-corrected chi connectivity index (χ1v) is 11.8. The van der Waals surface area contributed by atoms with Crippen LogP contribution in [0.5, 0.6) is 11.5 Å². The van der Waals surface area contributed by atoms with Gasteiger partial charge in [0, 0.05) is 36.1 Å². The number of carbonyl (C=O) groups excluding carboxylic acids is 1. The van der Waals surface area contributed by atoms with Gasteiger partial charge in [0.25, 0.3) is 0 Å². The van der Waals surface area contributed by atoms with E-state index in [1.165, 1.54) is 30.5 Å². The predicted molar refractivity (Wildman–Crippen MR) is 111 cm³/mol. The summed E-state index contributed by atoms with van der Waals surface area (Å²) in [5.74, 6) is 1.89. The molecule has 4 saturated carbocycles. The van der Waals surface area contributed by atoms with E-state index in [2.05, 4.69) is 11.0 Å². The van der Waals surface area contributed by atoms with Gasteiger partial charge in [0.15, 0.2) is 11.5 Å². The molecule has 2 spiro atoms. The summed E-state index contributed by atoms with van der Waals surface area (Å²) in [6, 6.07) is 4.40. The van der Waals surface area contributed by atoms with Crippen LogP contribution in [0.1, 0.15) is 56.6 Å². The lowest BCUT2D eigenvalue weighted by Gasteiger charge is -2.73. The Morgan fingerprint density at radius 1 is 1.30 bits per heavy atom. The van der Waals surface area contributed by atoms with E-state index >= 15 is 0 Å². The van der Waals surface area contributed by atoms with Crippen molar-refractivity contribution in [3.05, 3.63) is 23.3 Å². The molecule has 0 amide bonds. The highest BCUT2D eigenvalue weighted by molar-refractivity contribution is 5.81.